The summed E-state index contributed by atoms with van der Waals surface area (Å²) in [5, 5.41) is 11.8. The van der Waals surface area contributed by atoms with Crippen LogP contribution in [0.3, 0.4) is 0 Å². The summed E-state index contributed by atoms with van der Waals surface area (Å²) in [7, 11) is -3.86. The number of ether oxygens (including phenoxy) is 1. The van der Waals surface area contributed by atoms with Gasteiger partial charge in [-0.1, -0.05) is 11.6 Å². The minimum absolute atomic E-state index is 0.199. The molecular formula is C13H19ClNO6P. The molecule has 9 heteroatoms. The fourth-order valence-corrected chi connectivity index (χ4v) is 3.05. The van der Waals surface area contributed by atoms with Crippen LogP contribution in [0.4, 0.5) is 0 Å². The molecule has 22 heavy (non-hydrogen) atoms. The fraction of sp³-hybridized carbons (Fsp3) is 0.462. The highest BCUT2D eigenvalue weighted by molar-refractivity contribution is 7.52. The van der Waals surface area contributed by atoms with Crippen LogP contribution in [0.1, 0.15) is 13.8 Å². The number of carbonyl (C=O) groups excluding carboxylic acids is 1. The summed E-state index contributed by atoms with van der Waals surface area (Å²) in [6.45, 7) is 2.77. The van der Waals surface area contributed by atoms with Gasteiger partial charge in [-0.05, 0) is 38.1 Å². The largest absolute Gasteiger partial charge is 0.465 e. The zero-order chi connectivity index (χ0) is 16.6. The van der Waals surface area contributed by atoms with Gasteiger partial charge in [-0.3, -0.25) is 9.32 Å². The number of aliphatic hydroxyl groups is 1. The molecule has 2 atom stereocenters. The van der Waals surface area contributed by atoms with Gasteiger partial charge in [0.2, 0.25) is 0 Å². The highest BCUT2D eigenvalue weighted by Crippen LogP contribution is 2.44. The Labute approximate surface area is 134 Å². The Kier molecular flexibility index (Phi) is 7.85. The summed E-state index contributed by atoms with van der Waals surface area (Å²) in [6, 6.07) is 5.23. The highest BCUT2D eigenvalue weighted by Gasteiger charge is 2.31. The van der Waals surface area contributed by atoms with E-state index in [0.29, 0.717) is 5.02 Å². The van der Waals surface area contributed by atoms with Crippen molar-refractivity contribution < 1.29 is 28.3 Å². The highest BCUT2D eigenvalue weighted by atomic mass is 35.5. The first kappa shape index (κ1) is 18.9. The van der Waals surface area contributed by atoms with Gasteiger partial charge in [-0.2, -0.15) is 5.09 Å². The molecule has 1 aromatic rings. The molecule has 0 fully saturated rings. The number of esters is 1. The molecule has 1 rings (SSSR count). The van der Waals surface area contributed by atoms with Crippen molar-refractivity contribution in [2.75, 3.05) is 19.8 Å². The van der Waals surface area contributed by atoms with Crippen molar-refractivity contribution >= 4 is 25.3 Å². The van der Waals surface area contributed by atoms with Crippen molar-refractivity contribution in [2.45, 2.75) is 19.9 Å². The Morgan fingerprint density at radius 3 is 2.59 bits per heavy atom. The number of benzene rings is 1. The second kappa shape index (κ2) is 9.12. The van der Waals surface area contributed by atoms with Crippen LogP contribution in [0.15, 0.2) is 24.3 Å². The predicted octanol–water partition coefficient (Wildman–Crippen LogP) is 2.38. The molecule has 1 aromatic carbocycles. The van der Waals surface area contributed by atoms with Crippen LogP contribution in [0.5, 0.6) is 5.75 Å². The number of carbonyl (C=O) groups is 1. The number of hydrogen-bond acceptors (Lipinski definition) is 6. The van der Waals surface area contributed by atoms with Crippen LogP contribution in [-0.2, 0) is 18.6 Å². The second-order valence-corrected chi connectivity index (χ2v) is 6.33. The van der Waals surface area contributed by atoms with Gasteiger partial charge < -0.3 is 14.4 Å². The normalized spacial score (nSPS) is 14.9. The summed E-state index contributed by atoms with van der Waals surface area (Å²) in [5.41, 5.74) is 0. The van der Waals surface area contributed by atoms with E-state index in [0.717, 1.165) is 0 Å². The van der Waals surface area contributed by atoms with Crippen molar-refractivity contribution in [3.05, 3.63) is 29.3 Å². The molecule has 1 unspecified atom stereocenters. The monoisotopic (exact) mass is 351 g/mol. The van der Waals surface area contributed by atoms with Crippen molar-refractivity contribution in [2.24, 2.45) is 0 Å². The minimum atomic E-state index is -3.86. The lowest BCUT2D eigenvalue weighted by Crippen LogP contribution is -2.35. The van der Waals surface area contributed by atoms with E-state index in [4.69, 9.17) is 30.5 Å². The molecular weight excluding hydrogens is 333 g/mol. The molecule has 0 saturated heterocycles. The average molecular weight is 352 g/mol. The smallest absolute Gasteiger partial charge is 0.459 e. The molecule has 0 saturated carbocycles. The van der Waals surface area contributed by atoms with Crippen molar-refractivity contribution in [3.8, 4) is 5.75 Å². The van der Waals surface area contributed by atoms with E-state index in [1.807, 2.05) is 0 Å². The van der Waals surface area contributed by atoms with Crippen LogP contribution >= 0.6 is 19.3 Å². The molecule has 0 aliphatic carbocycles. The maximum atomic E-state index is 12.6. The molecule has 0 amide bonds. The molecule has 0 heterocycles. The van der Waals surface area contributed by atoms with Crippen LogP contribution in [-0.4, -0.2) is 36.9 Å². The molecule has 2 N–H and O–H groups in total. The van der Waals surface area contributed by atoms with Gasteiger partial charge in [0.15, 0.2) is 0 Å². The number of nitrogens with one attached hydrogen (secondary N) is 1. The van der Waals surface area contributed by atoms with E-state index < -0.39 is 19.8 Å². The van der Waals surface area contributed by atoms with Gasteiger partial charge >= 0.3 is 13.7 Å². The molecule has 0 radical (unpaired) electrons. The number of halogens is 1. The van der Waals surface area contributed by atoms with E-state index >= 15 is 0 Å². The lowest BCUT2D eigenvalue weighted by atomic mass is 10.3. The Bertz CT molecular complexity index is 524. The van der Waals surface area contributed by atoms with Gasteiger partial charge in [0.1, 0.15) is 11.8 Å². The maximum absolute atomic E-state index is 12.6. The van der Waals surface area contributed by atoms with Crippen LogP contribution in [0.2, 0.25) is 5.02 Å². The summed E-state index contributed by atoms with van der Waals surface area (Å²) in [4.78, 5) is 11.6. The van der Waals surface area contributed by atoms with Gasteiger partial charge in [0.05, 0.1) is 19.8 Å². The van der Waals surface area contributed by atoms with Gasteiger partial charge in [-0.25, -0.2) is 4.57 Å². The van der Waals surface area contributed by atoms with E-state index in [2.05, 4.69) is 5.09 Å². The van der Waals surface area contributed by atoms with Gasteiger partial charge in [0.25, 0.3) is 0 Å². The van der Waals surface area contributed by atoms with E-state index in [-0.39, 0.29) is 25.6 Å². The predicted molar refractivity (Wildman–Crippen MR) is 82.0 cm³/mol. The van der Waals surface area contributed by atoms with Crippen LogP contribution in [0, 0.1) is 0 Å². The van der Waals surface area contributed by atoms with E-state index in [1.54, 1.807) is 19.1 Å². The Hall–Kier alpha value is -1.11. The van der Waals surface area contributed by atoms with Gasteiger partial charge in [0, 0.05) is 5.02 Å². The number of aliphatic hydroxyl groups excluding tert-OH is 1. The van der Waals surface area contributed by atoms with Crippen molar-refractivity contribution in [1.29, 1.82) is 0 Å². The first-order chi connectivity index (χ1) is 10.4. The van der Waals surface area contributed by atoms with Crippen molar-refractivity contribution in [3.63, 3.8) is 0 Å². The summed E-state index contributed by atoms with van der Waals surface area (Å²) < 4.78 is 27.8. The molecule has 0 aliphatic heterocycles. The lowest BCUT2D eigenvalue weighted by molar-refractivity contribution is -0.144. The topological polar surface area (TPSA) is 94.1 Å². The third kappa shape index (κ3) is 6.34. The fourth-order valence-electron chi connectivity index (χ4n) is 1.44. The first-order valence-corrected chi connectivity index (χ1v) is 8.57. The molecule has 7 nitrogen and oxygen atoms in total. The number of rotatable bonds is 9. The third-order valence-corrected chi connectivity index (χ3v) is 4.31. The second-order valence-electron chi connectivity index (χ2n) is 4.20. The van der Waals surface area contributed by atoms with Crippen molar-refractivity contribution in [1.82, 2.24) is 5.09 Å². The molecule has 0 bridgehead atoms. The Morgan fingerprint density at radius 2 is 2.05 bits per heavy atom. The Morgan fingerprint density at radius 1 is 1.41 bits per heavy atom. The van der Waals surface area contributed by atoms with Crippen LogP contribution in [0.25, 0.3) is 0 Å². The summed E-state index contributed by atoms with van der Waals surface area (Å²) in [6.07, 6.45) is 0. The van der Waals surface area contributed by atoms with Crippen LogP contribution < -0.4 is 9.61 Å². The molecule has 0 aromatic heterocycles. The SMILES string of the molecule is CCOC(=O)[C@H](C)NP(=O)(OCCO)Oc1ccc(Cl)cc1. The zero-order valence-corrected chi connectivity index (χ0v) is 14.0. The zero-order valence-electron chi connectivity index (χ0n) is 12.3. The minimum Gasteiger partial charge on any atom is -0.465 e. The summed E-state index contributed by atoms with van der Waals surface area (Å²) in [5.74, 6) is -0.343. The van der Waals surface area contributed by atoms with Gasteiger partial charge in [-0.15, -0.1) is 0 Å². The Balaban J connectivity index is 2.82. The standard InChI is InChI=1S/C13H19ClNO6P/c1-3-19-13(17)10(2)15-22(18,20-9-8-16)21-12-6-4-11(14)5-7-12/h4-7,10,16H,3,8-9H2,1-2H3,(H,15,18)/t10-,22?/m0/s1. The van der Waals surface area contributed by atoms with E-state index in [1.165, 1.54) is 19.1 Å². The molecule has 0 aliphatic rings. The first-order valence-electron chi connectivity index (χ1n) is 6.65. The van der Waals surface area contributed by atoms with E-state index in [9.17, 15) is 9.36 Å². The maximum Gasteiger partial charge on any atom is 0.459 e. The molecule has 124 valence electrons. The number of hydrogen-bond donors (Lipinski definition) is 2. The lowest BCUT2D eigenvalue weighted by Gasteiger charge is -2.22. The summed E-state index contributed by atoms with van der Waals surface area (Å²) >= 11 is 5.76. The molecule has 0 spiro atoms. The third-order valence-electron chi connectivity index (χ3n) is 2.38. The average Bonchev–Trinajstić information content (AvgIpc) is 2.48. The quantitative estimate of drug-likeness (QED) is 0.521.